The average Bonchev–Trinajstić information content (AvgIpc) is 2.38. The smallest absolute Gasteiger partial charge is 0.253 e. The molecule has 4 heteroatoms. The van der Waals surface area contributed by atoms with Gasteiger partial charge in [-0.3, -0.25) is 4.79 Å². The molecule has 1 aliphatic heterocycles. The van der Waals surface area contributed by atoms with E-state index in [1.54, 1.807) is 23.1 Å². The summed E-state index contributed by atoms with van der Waals surface area (Å²) in [6.07, 6.45) is 1.90. The first-order valence-electron chi connectivity index (χ1n) is 5.90. The van der Waals surface area contributed by atoms with Crippen molar-refractivity contribution in [1.82, 2.24) is 4.90 Å². The number of amides is 1. The number of aliphatic hydroxyl groups excluding tert-OH is 1. The van der Waals surface area contributed by atoms with Crippen LogP contribution >= 0.6 is 0 Å². The quantitative estimate of drug-likeness (QED) is 0.810. The number of aromatic hydroxyl groups is 1. The molecule has 4 nitrogen and oxygen atoms in total. The Morgan fingerprint density at radius 3 is 3.00 bits per heavy atom. The zero-order chi connectivity index (χ0) is 12.3. The van der Waals surface area contributed by atoms with Crippen molar-refractivity contribution in [1.29, 1.82) is 0 Å². The Morgan fingerprint density at radius 1 is 1.47 bits per heavy atom. The predicted octanol–water partition coefficient (Wildman–Crippen LogP) is 1.24. The van der Waals surface area contributed by atoms with E-state index in [0.29, 0.717) is 12.1 Å². The molecule has 2 rings (SSSR count). The summed E-state index contributed by atoms with van der Waals surface area (Å²) in [6, 6.07) is 6.38. The van der Waals surface area contributed by atoms with Crippen molar-refractivity contribution < 1.29 is 15.0 Å². The highest BCUT2D eigenvalue weighted by Gasteiger charge is 2.23. The standard InChI is InChI=1S/C13H17NO3/c15-9-10-3-2-6-14(8-10)13(17)11-4-1-5-12(16)7-11/h1,4-5,7,10,15-16H,2-3,6,8-9H2. The maximum atomic E-state index is 12.1. The number of hydrogen-bond donors (Lipinski definition) is 2. The minimum atomic E-state index is -0.0703. The van der Waals surface area contributed by atoms with Crippen LogP contribution in [0.2, 0.25) is 0 Å². The number of carbonyl (C=O) groups excluding carboxylic acids is 1. The van der Waals surface area contributed by atoms with Crippen LogP contribution in [0.1, 0.15) is 23.2 Å². The summed E-state index contributed by atoms with van der Waals surface area (Å²) in [7, 11) is 0. The number of nitrogens with zero attached hydrogens (tertiary/aromatic N) is 1. The number of rotatable bonds is 2. The molecule has 0 spiro atoms. The van der Waals surface area contributed by atoms with E-state index in [1.807, 2.05) is 0 Å². The van der Waals surface area contributed by atoms with Crippen molar-refractivity contribution in [2.24, 2.45) is 5.92 Å². The highest BCUT2D eigenvalue weighted by atomic mass is 16.3. The van der Waals surface area contributed by atoms with Crippen LogP contribution in [0.3, 0.4) is 0 Å². The van der Waals surface area contributed by atoms with Gasteiger partial charge in [-0.1, -0.05) is 6.07 Å². The summed E-state index contributed by atoms with van der Waals surface area (Å²) in [5.74, 6) is 0.218. The number of phenols is 1. The first-order valence-corrected chi connectivity index (χ1v) is 5.90. The zero-order valence-electron chi connectivity index (χ0n) is 9.67. The van der Waals surface area contributed by atoms with Gasteiger partial charge in [0.05, 0.1) is 0 Å². The molecule has 0 aliphatic carbocycles. The van der Waals surface area contributed by atoms with E-state index in [9.17, 15) is 9.90 Å². The van der Waals surface area contributed by atoms with Gasteiger partial charge in [0.25, 0.3) is 5.91 Å². The van der Waals surface area contributed by atoms with E-state index >= 15 is 0 Å². The van der Waals surface area contributed by atoms with E-state index in [0.717, 1.165) is 19.4 Å². The number of likely N-dealkylation sites (tertiary alicyclic amines) is 1. The van der Waals surface area contributed by atoms with E-state index in [1.165, 1.54) is 6.07 Å². The Bertz CT molecular complexity index is 405. The van der Waals surface area contributed by atoms with Crippen molar-refractivity contribution >= 4 is 5.91 Å². The third kappa shape index (κ3) is 2.77. The second kappa shape index (κ2) is 5.19. The molecule has 2 N–H and O–H groups in total. The minimum absolute atomic E-state index is 0.0703. The lowest BCUT2D eigenvalue weighted by molar-refractivity contribution is 0.0620. The van der Waals surface area contributed by atoms with Crippen LogP contribution in [0.25, 0.3) is 0 Å². The molecule has 0 bridgehead atoms. The molecule has 1 aromatic rings. The highest BCUT2D eigenvalue weighted by molar-refractivity contribution is 5.94. The van der Waals surface area contributed by atoms with E-state index in [-0.39, 0.29) is 24.2 Å². The number of hydrogen-bond acceptors (Lipinski definition) is 3. The zero-order valence-corrected chi connectivity index (χ0v) is 9.67. The van der Waals surface area contributed by atoms with Gasteiger partial charge in [-0.2, -0.15) is 0 Å². The minimum Gasteiger partial charge on any atom is -0.508 e. The SMILES string of the molecule is O=C(c1cccc(O)c1)N1CCCC(CO)C1. The molecular weight excluding hydrogens is 218 g/mol. The van der Waals surface area contributed by atoms with E-state index in [4.69, 9.17) is 5.11 Å². The molecule has 1 unspecified atom stereocenters. The Labute approximate surface area is 100 Å². The molecule has 17 heavy (non-hydrogen) atoms. The van der Waals surface area contributed by atoms with Gasteiger partial charge in [0.2, 0.25) is 0 Å². The lowest BCUT2D eigenvalue weighted by atomic mass is 9.98. The third-order valence-corrected chi connectivity index (χ3v) is 3.16. The lowest BCUT2D eigenvalue weighted by Gasteiger charge is -2.31. The van der Waals surface area contributed by atoms with Crippen LogP contribution < -0.4 is 0 Å². The molecule has 1 atom stereocenters. The Balaban J connectivity index is 2.09. The van der Waals surface area contributed by atoms with Gasteiger partial charge in [-0.25, -0.2) is 0 Å². The molecule has 1 fully saturated rings. The summed E-state index contributed by atoms with van der Waals surface area (Å²) >= 11 is 0. The van der Waals surface area contributed by atoms with Gasteiger partial charge in [0.1, 0.15) is 5.75 Å². The maximum Gasteiger partial charge on any atom is 0.253 e. The van der Waals surface area contributed by atoms with Crippen molar-refractivity contribution in [3.63, 3.8) is 0 Å². The second-order valence-electron chi connectivity index (χ2n) is 4.49. The maximum absolute atomic E-state index is 12.1. The van der Waals surface area contributed by atoms with Gasteiger partial charge in [-0.15, -0.1) is 0 Å². The Kier molecular flexibility index (Phi) is 3.64. The summed E-state index contributed by atoms with van der Waals surface area (Å²) < 4.78 is 0. The first kappa shape index (κ1) is 11.9. The summed E-state index contributed by atoms with van der Waals surface area (Å²) in [4.78, 5) is 13.9. The predicted molar refractivity (Wildman–Crippen MR) is 63.8 cm³/mol. The summed E-state index contributed by atoms with van der Waals surface area (Å²) in [5.41, 5.74) is 0.503. The van der Waals surface area contributed by atoms with Crippen LogP contribution in [0.5, 0.6) is 5.75 Å². The first-order chi connectivity index (χ1) is 8.20. The Morgan fingerprint density at radius 2 is 2.29 bits per heavy atom. The molecule has 1 aliphatic rings. The molecule has 1 amide bonds. The Hall–Kier alpha value is -1.55. The number of phenolic OH excluding ortho intramolecular Hbond substituents is 1. The molecule has 0 aromatic heterocycles. The molecule has 1 aromatic carbocycles. The van der Waals surface area contributed by atoms with Gasteiger partial charge < -0.3 is 15.1 Å². The molecule has 0 radical (unpaired) electrons. The van der Waals surface area contributed by atoms with Crippen LogP contribution in [0, 0.1) is 5.92 Å². The fourth-order valence-electron chi connectivity index (χ4n) is 2.22. The second-order valence-corrected chi connectivity index (χ2v) is 4.49. The van der Waals surface area contributed by atoms with Crippen LogP contribution in [-0.2, 0) is 0 Å². The van der Waals surface area contributed by atoms with Crippen molar-refractivity contribution in [2.75, 3.05) is 19.7 Å². The van der Waals surface area contributed by atoms with Crippen molar-refractivity contribution in [3.8, 4) is 5.75 Å². The number of piperidine rings is 1. The molecule has 1 saturated heterocycles. The molecular formula is C13H17NO3. The summed E-state index contributed by atoms with van der Waals surface area (Å²) in [5, 5.41) is 18.5. The highest BCUT2D eigenvalue weighted by Crippen LogP contribution is 2.19. The van der Waals surface area contributed by atoms with Crippen molar-refractivity contribution in [2.45, 2.75) is 12.8 Å². The van der Waals surface area contributed by atoms with Crippen LogP contribution in [-0.4, -0.2) is 40.7 Å². The van der Waals surface area contributed by atoms with Crippen molar-refractivity contribution in [3.05, 3.63) is 29.8 Å². The lowest BCUT2D eigenvalue weighted by Crippen LogP contribution is -2.40. The number of carbonyl (C=O) groups is 1. The van der Waals surface area contributed by atoms with Crippen LogP contribution in [0.4, 0.5) is 0 Å². The van der Waals surface area contributed by atoms with Gasteiger partial charge in [-0.05, 0) is 37.0 Å². The normalized spacial score (nSPS) is 20.3. The van der Waals surface area contributed by atoms with Gasteiger partial charge >= 0.3 is 0 Å². The fourth-order valence-corrected chi connectivity index (χ4v) is 2.22. The largest absolute Gasteiger partial charge is 0.508 e. The molecule has 92 valence electrons. The third-order valence-electron chi connectivity index (χ3n) is 3.16. The van der Waals surface area contributed by atoms with Gasteiger partial charge in [0, 0.05) is 25.3 Å². The fraction of sp³-hybridized carbons (Fsp3) is 0.462. The van der Waals surface area contributed by atoms with Crippen LogP contribution in [0.15, 0.2) is 24.3 Å². The van der Waals surface area contributed by atoms with Gasteiger partial charge in [0.15, 0.2) is 0 Å². The topological polar surface area (TPSA) is 60.8 Å². The molecule has 1 heterocycles. The monoisotopic (exact) mass is 235 g/mol. The average molecular weight is 235 g/mol. The number of aliphatic hydroxyl groups is 1. The molecule has 0 saturated carbocycles. The summed E-state index contributed by atoms with van der Waals surface area (Å²) in [6.45, 7) is 1.46. The van der Waals surface area contributed by atoms with E-state index < -0.39 is 0 Å². The number of benzene rings is 1. The van der Waals surface area contributed by atoms with E-state index in [2.05, 4.69) is 0 Å².